The zero-order chi connectivity index (χ0) is 12.6. The van der Waals surface area contributed by atoms with Crippen LogP contribution in [-0.2, 0) is 4.79 Å². The van der Waals surface area contributed by atoms with Crippen LogP contribution in [0.25, 0.3) is 0 Å². The second-order valence-corrected chi connectivity index (χ2v) is 4.74. The molecule has 2 rings (SSSR count). The van der Waals surface area contributed by atoms with E-state index >= 15 is 0 Å². The van der Waals surface area contributed by atoms with E-state index in [-0.39, 0.29) is 10.7 Å². The highest BCUT2D eigenvalue weighted by molar-refractivity contribution is 9.10. The van der Waals surface area contributed by atoms with Gasteiger partial charge in [0.1, 0.15) is 0 Å². The minimum absolute atomic E-state index is 0.154. The quantitative estimate of drug-likeness (QED) is 0.478. The Kier molecular flexibility index (Phi) is 3.10. The second-order valence-electron chi connectivity index (χ2n) is 3.64. The van der Waals surface area contributed by atoms with E-state index in [1.54, 1.807) is 0 Å². The third-order valence-electron chi connectivity index (χ3n) is 2.58. The summed E-state index contributed by atoms with van der Waals surface area (Å²) in [5.41, 5.74) is -0.240. The van der Waals surface area contributed by atoms with Crippen LogP contribution in [0.4, 0.5) is 15.8 Å². The summed E-state index contributed by atoms with van der Waals surface area (Å²) in [6, 6.07) is 3.46. The van der Waals surface area contributed by atoms with Crippen molar-refractivity contribution in [1.82, 2.24) is 0 Å². The monoisotopic (exact) mass is 302 g/mol. The molecule has 0 N–H and O–H groups in total. The number of hydrogen-bond acceptors (Lipinski definition) is 3. The first kappa shape index (κ1) is 12.0. The summed E-state index contributed by atoms with van der Waals surface area (Å²) in [5.74, 6) is -1.09. The van der Waals surface area contributed by atoms with Gasteiger partial charge in [-0.2, -0.15) is 4.39 Å². The summed E-state index contributed by atoms with van der Waals surface area (Å²) >= 11 is 3.20. The molecule has 0 saturated carbocycles. The number of halogens is 2. The molecule has 0 aromatic heterocycles. The standard InChI is InChI=1S/C10H8BrFN2O3/c11-7-3-4-13(10(7)15)6-1-2-9(14(16)17)8(12)5-6/h1-2,5,7H,3-4H2. The summed E-state index contributed by atoms with van der Waals surface area (Å²) in [5, 5.41) is 10.4. The third kappa shape index (κ3) is 2.14. The van der Waals surface area contributed by atoms with Crippen LogP contribution in [0.15, 0.2) is 18.2 Å². The molecule has 17 heavy (non-hydrogen) atoms. The normalized spacial score (nSPS) is 19.8. The second kappa shape index (κ2) is 4.40. The number of nitro groups is 1. The lowest BCUT2D eigenvalue weighted by Gasteiger charge is -2.15. The summed E-state index contributed by atoms with van der Waals surface area (Å²) in [7, 11) is 0. The number of hydrogen-bond donors (Lipinski definition) is 0. The largest absolute Gasteiger partial charge is 0.311 e. The van der Waals surface area contributed by atoms with E-state index in [1.165, 1.54) is 11.0 Å². The van der Waals surface area contributed by atoms with Crippen LogP contribution >= 0.6 is 15.9 Å². The maximum Gasteiger partial charge on any atom is 0.304 e. The maximum atomic E-state index is 13.4. The van der Waals surface area contributed by atoms with Crippen molar-refractivity contribution in [3.8, 4) is 0 Å². The zero-order valence-electron chi connectivity index (χ0n) is 8.60. The highest BCUT2D eigenvalue weighted by Gasteiger charge is 2.31. The van der Waals surface area contributed by atoms with E-state index in [2.05, 4.69) is 15.9 Å². The van der Waals surface area contributed by atoms with Crippen LogP contribution in [0.3, 0.4) is 0 Å². The average molecular weight is 303 g/mol. The number of carbonyl (C=O) groups excluding carboxylic acids is 1. The molecule has 1 amide bonds. The fourth-order valence-electron chi connectivity index (χ4n) is 1.71. The van der Waals surface area contributed by atoms with Crippen molar-refractivity contribution in [3.05, 3.63) is 34.1 Å². The van der Waals surface area contributed by atoms with E-state index in [1.807, 2.05) is 0 Å². The number of nitro benzene ring substituents is 1. The lowest BCUT2D eigenvalue weighted by Crippen LogP contribution is -2.27. The first-order valence-corrected chi connectivity index (χ1v) is 5.81. The summed E-state index contributed by atoms with van der Waals surface area (Å²) in [6.07, 6.45) is 0.636. The van der Waals surface area contributed by atoms with Crippen LogP contribution < -0.4 is 4.90 Å². The Morgan fingerprint density at radius 3 is 2.71 bits per heavy atom. The molecule has 0 spiro atoms. The van der Waals surface area contributed by atoms with Crippen molar-refractivity contribution < 1.29 is 14.1 Å². The van der Waals surface area contributed by atoms with E-state index in [9.17, 15) is 19.3 Å². The molecule has 5 nitrogen and oxygen atoms in total. The molecule has 7 heteroatoms. The Hall–Kier alpha value is -1.50. The minimum atomic E-state index is -0.932. The van der Waals surface area contributed by atoms with Gasteiger partial charge in [-0.25, -0.2) is 0 Å². The van der Waals surface area contributed by atoms with Gasteiger partial charge in [0.15, 0.2) is 0 Å². The Balaban J connectivity index is 2.32. The van der Waals surface area contributed by atoms with Crippen molar-refractivity contribution >= 4 is 33.2 Å². The SMILES string of the molecule is O=C1C(Br)CCN1c1ccc([N+](=O)[O-])c(F)c1. The molecule has 0 radical (unpaired) electrons. The third-order valence-corrected chi connectivity index (χ3v) is 3.43. The van der Waals surface area contributed by atoms with Gasteiger partial charge in [-0.3, -0.25) is 14.9 Å². The van der Waals surface area contributed by atoms with Crippen molar-refractivity contribution in [3.63, 3.8) is 0 Å². The van der Waals surface area contributed by atoms with Gasteiger partial charge in [0.05, 0.1) is 9.75 Å². The predicted molar refractivity (Wildman–Crippen MR) is 62.7 cm³/mol. The molecule has 90 valence electrons. The number of nitrogens with zero attached hydrogens (tertiary/aromatic N) is 2. The van der Waals surface area contributed by atoms with Gasteiger partial charge in [0, 0.05) is 24.4 Å². The Bertz CT molecular complexity index is 494. The fourth-order valence-corrected chi connectivity index (χ4v) is 2.17. The number of amides is 1. The van der Waals surface area contributed by atoms with E-state index in [0.29, 0.717) is 18.7 Å². The average Bonchev–Trinajstić information content (AvgIpc) is 2.59. The van der Waals surface area contributed by atoms with Gasteiger partial charge < -0.3 is 4.90 Å². The van der Waals surface area contributed by atoms with Gasteiger partial charge in [-0.1, -0.05) is 15.9 Å². The first-order valence-electron chi connectivity index (χ1n) is 4.90. The number of anilines is 1. The molecule has 1 aromatic carbocycles. The smallest absolute Gasteiger partial charge is 0.304 e. The van der Waals surface area contributed by atoms with Crippen molar-refractivity contribution in [2.75, 3.05) is 11.4 Å². The number of benzene rings is 1. The van der Waals surface area contributed by atoms with Gasteiger partial charge >= 0.3 is 5.69 Å². The van der Waals surface area contributed by atoms with Crippen LogP contribution in [-0.4, -0.2) is 22.2 Å². The van der Waals surface area contributed by atoms with Crippen molar-refractivity contribution in [2.24, 2.45) is 0 Å². The van der Waals surface area contributed by atoms with Crippen LogP contribution in [0, 0.1) is 15.9 Å². The Labute approximate surface area is 104 Å². The molecule has 1 aliphatic heterocycles. The molecule has 1 aromatic rings. The Morgan fingerprint density at radius 2 is 2.24 bits per heavy atom. The molecule has 1 heterocycles. The van der Waals surface area contributed by atoms with Gasteiger partial charge in [0.25, 0.3) is 0 Å². The fraction of sp³-hybridized carbons (Fsp3) is 0.300. The number of alkyl halides is 1. The Morgan fingerprint density at radius 1 is 1.53 bits per heavy atom. The van der Waals surface area contributed by atoms with Gasteiger partial charge in [-0.15, -0.1) is 0 Å². The molecule has 0 bridgehead atoms. The van der Waals surface area contributed by atoms with Crippen LogP contribution in [0.5, 0.6) is 0 Å². The van der Waals surface area contributed by atoms with E-state index < -0.39 is 16.4 Å². The molecule has 1 aliphatic rings. The van der Waals surface area contributed by atoms with E-state index in [4.69, 9.17) is 0 Å². The maximum absolute atomic E-state index is 13.4. The minimum Gasteiger partial charge on any atom is -0.311 e. The zero-order valence-corrected chi connectivity index (χ0v) is 10.2. The first-order chi connectivity index (χ1) is 8.00. The highest BCUT2D eigenvalue weighted by atomic mass is 79.9. The lowest BCUT2D eigenvalue weighted by atomic mass is 10.2. The predicted octanol–water partition coefficient (Wildman–Crippen LogP) is 2.23. The molecule has 1 atom stereocenters. The lowest BCUT2D eigenvalue weighted by molar-refractivity contribution is -0.387. The molecule has 1 unspecified atom stereocenters. The molecule has 1 fully saturated rings. The summed E-state index contributed by atoms with van der Waals surface area (Å²) in [4.78, 5) is 22.5. The topological polar surface area (TPSA) is 63.5 Å². The van der Waals surface area contributed by atoms with Crippen molar-refractivity contribution in [1.29, 1.82) is 0 Å². The van der Waals surface area contributed by atoms with E-state index in [0.717, 1.165) is 12.1 Å². The summed E-state index contributed by atoms with van der Waals surface area (Å²) < 4.78 is 13.4. The summed E-state index contributed by atoms with van der Waals surface area (Å²) in [6.45, 7) is 0.478. The molecule has 1 saturated heterocycles. The van der Waals surface area contributed by atoms with Crippen LogP contribution in [0.1, 0.15) is 6.42 Å². The molecule has 0 aliphatic carbocycles. The van der Waals surface area contributed by atoms with Crippen molar-refractivity contribution in [2.45, 2.75) is 11.2 Å². The molecular formula is C10H8BrFN2O3. The van der Waals surface area contributed by atoms with Crippen LogP contribution in [0.2, 0.25) is 0 Å². The van der Waals surface area contributed by atoms with Gasteiger partial charge in [-0.05, 0) is 12.5 Å². The molecular weight excluding hydrogens is 295 g/mol. The highest BCUT2D eigenvalue weighted by Crippen LogP contribution is 2.28. The van der Waals surface area contributed by atoms with Gasteiger partial charge in [0.2, 0.25) is 11.7 Å². The number of rotatable bonds is 2. The number of carbonyl (C=O) groups is 1.